The molecule has 0 saturated carbocycles. The third-order valence-electron chi connectivity index (χ3n) is 13.5. The molecule has 0 aliphatic heterocycles. The highest BCUT2D eigenvalue weighted by molar-refractivity contribution is 6.15. The summed E-state index contributed by atoms with van der Waals surface area (Å²) in [6.45, 7) is 0. The number of nitrogens with zero attached hydrogens (tertiary/aromatic N) is 2. The van der Waals surface area contributed by atoms with Gasteiger partial charge in [0.05, 0.1) is 16.8 Å². The molecular formula is C59H34N2O2. The van der Waals surface area contributed by atoms with E-state index in [0.29, 0.717) is 5.82 Å². The van der Waals surface area contributed by atoms with E-state index in [-0.39, 0.29) is 0 Å². The van der Waals surface area contributed by atoms with Gasteiger partial charge in [0, 0.05) is 38.2 Å². The average molecular weight is 803 g/mol. The van der Waals surface area contributed by atoms with Gasteiger partial charge in [-0.2, -0.15) is 0 Å². The largest absolute Gasteiger partial charge is 0.456 e. The van der Waals surface area contributed by atoms with Gasteiger partial charge < -0.3 is 8.83 Å². The highest BCUT2D eigenvalue weighted by Gasteiger charge is 2.52. The molecule has 2 aliphatic carbocycles. The number of rotatable bonds is 4. The first kappa shape index (κ1) is 34.4. The van der Waals surface area contributed by atoms with E-state index in [9.17, 15) is 0 Å². The molecule has 292 valence electrons. The summed E-state index contributed by atoms with van der Waals surface area (Å²) in [5.41, 5.74) is 20.3. The molecule has 0 saturated heterocycles. The second-order valence-electron chi connectivity index (χ2n) is 16.7. The molecule has 0 fully saturated rings. The molecule has 63 heavy (non-hydrogen) atoms. The number of aromatic nitrogens is 2. The van der Waals surface area contributed by atoms with Gasteiger partial charge in [0.2, 0.25) is 0 Å². The van der Waals surface area contributed by atoms with Crippen molar-refractivity contribution in [2.24, 2.45) is 0 Å². The van der Waals surface area contributed by atoms with E-state index >= 15 is 0 Å². The maximum absolute atomic E-state index is 6.68. The van der Waals surface area contributed by atoms with Gasteiger partial charge >= 0.3 is 0 Å². The van der Waals surface area contributed by atoms with Gasteiger partial charge in [0.25, 0.3) is 0 Å². The Morgan fingerprint density at radius 1 is 0.317 bits per heavy atom. The summed E-state index contributed by atoms with van der Waals surface area (Å²) < 4.78 is 13.0. The number of para-hydroxylation sites is 1. The lowest BCUT2D eigenvalue weighted by Crippen LogP contribution is -2.25. The van der Waals surface area contributed by atoms with Crippen LogP contribution in [0.3, 0.4) is 0 Å². The van der Waals surface area contributed by atoms with Crippen LogP contribution >= 0.6 is 0 Å². The molecule has 14 rings (SSSR count). The summed E-state index contributed by atoms with van der Waals surface area (Å²) in [5.74, 6) is 0.636. The Hall–Kier alpha value is -8.34. The summed E-state index contributed by atoms with van der Waals surface area (Å²) in [6.07, 6.45) is 0. The Labute approximate surface area is 362 Å². The predicted octanol–water partition coefficient (Wildman–Crippen LogP) is 15.3. The lowest BCUT2D eigenvalue weighted by Gasteiger charge is -2.30. The standard InChI is InChI=1S/C59H34N2O2/c1-2-15-35(16-3-1)49-34-50(61-58(60-49)43-23-14-30-54-57(43)42-20-7-11-28-51(42)62-54)41-22-13-29-53-56(41)44-33-36(31-32-52(44)63-53)37-21-12-27-48-55(37)40-19-6-10-26-47(40)59(48)45-24-8-4-17-38(45)39-18-5-9-25-46(39)59/h1-34H. The second-order valence-corrected chi connectivity index (χ2v) is 16.7. The van der Waals surface area contributed by atoms with Crippen LogP contribution < -0.4 is 0 Å². The van der Waals surface area contributed by atoms with Crippen molar-refractivity contribution < 1.29 is 8.83 Å². The molecule has 3 heterocycles. The zero-order valence-electron chi connectivity index (χ0n) is 33.8. The average Bonchev–Trinajstić information content (AvgIpc) is 4.09. The molecule has 0 amide bonds. The molecule has 0 radical (unpaired) electrons. The zero-order valence-corrected chi connectivity index (χ0v) is 33.8. The smallest absolute Gasteiger partial charge is 0.161 e. The van der Waals surface area contributed by atoms with Crippen molar-refractivity contribution in [3.05, 3.63) is 229 Å². The lowest BCUT2D eigenvalue weighted by atomic mass is 9.70. The van der Waals surface area contributed by atoms with E-state index in [1.807, 2.05) is 36.4 Å². The molecule has 0 atom stereocenters. The summed E-state index contributed by atoms with van der Waals surface area (Å²) in [7, 11) is 0. The van der Waals surface area contributed by atoms with Crippen LogP contribution in [-0.4, -0.2) is 9.97 Å². The van der Waals surface area contributed by atoms with Gasteiger partial charge in [-0.15, -0.1) is 0 Å². The molecule has 0 unspecified atom stereocenters. The topological polar surface area (TPSA) is 52.1 Å². The van der Waals surface area contributed by atoms with E-state index < -0.39 is 5.41 Å². The van der Waals surface area contributed by atoms with E-state index in [1.54, 1.807) is 0 Å². The number of benzene rings is 9. The minimum atomic E-state index is -0.414. The Morgan fingerprint density at radius 3 is 1.60 bits per heavy atom. The Balaban J connectivity index is 0.997. The minimum absolute atomic E-state index is 0.414. The Bertz CT molecular complexity index is 3830. The molecule has 0 bridgehead atoms. The highest BCUT2D eigenvalue weighted by Crippen LogP contribution is 2.64. The molecule has 1 spiro atoms. The van der Waals surface area contributed by atoms with Crippen LogP contribution in [0.1, 0.15) is 22.3 Å². The van der Waals surface area contributed by atoms with Crippen molar-refractivity contribution in [2.45, 2.75) is 5.41 Å². The Morgan fingerprint density at radius 2 is 0.841 bits per heavy atom. The maximum Gasteiger partial charge on any atom is 0.161 e. The van der Waals surface area contributed by atoms with Gasteiger partial charge in [-0.3, -0.25) is 0 Å². The van der Waals surface area contributed by atoms with Crippen LogP contribution in [0.15, 0.2) is 215 Å². The zero-order chi connectivity index (χ0) is 41.2. The fourth-order valence-electron chi connectivity index (χ4n) is 11.0. The van der Waals surface area contributed by atoms with Crippen LogP contribution in [0.5, 0.6) is 0 Å². The first-order chi connectivity index (χ1) is 31.2. The van der Waals surface area contributed by atoms with Crippen LogP contribution in [0, 0.1) is 0 Å². The normalized spacial score (nSPS) is 13.2. The maximum atomic E-state index is 6.68. The molecule has 0 N–H and O–H groups in total. The highest BCUT2D eigenvalue weighted by atomic mass is 16.3. The van der Waals surface area contributed by atoms with Crippen molar-refractivity contribution >= 4 is 43.9 Å². The van der Waals surface area contributed by atoms with Crippen molar-refractivity contribution in [3.63, 3.8) is 0 Å². The number of hydrogen-bond donors (Lipinski definition) is 0. The second kappa shape index (κ2) is 12.8. The van der Waals surface area contributed by atoms with Crippen molar-refractivity contribution in [2.75, 3.05) is 0 Å². The summed E-state index contributed by atoms with van der Waals surface area (Å²) in [5, 5.41) is 4.10. The van der Waals surface area contributed by atoms with Crippen molar-refractivity contribution in [1.29, 1.82) is 0 Å². The minimum Gasteiger partial charge on any atom is -0.456 e. The summed E-state index contributed by atoms with van der Waals surface area (Å²) in [4.78, 5) is 10.7. The van der Waals surface area contributed by atoms with Gasteiger partial charge in [-0.05, 0) is 92.0 Å². The van der Waals surface area contributed by atoms with E-state index in [2.05, 4.69) is 170 Å². The van der Waals surface area contributed by atoms with Crippen molar-refractivity contribution in [3.8, 4) is 67.3 Å². The van der Waals surface area contributed by atoms with Crippen LogP contribution in [0.25, 0.3) is 111 Å². The van der Waals surface area contributed by atoms with Gasteiger partial charge in [0.15, 0.2) is 5.82 Å². The number of furan rings is 2. The van der Waals surface area contributed by atoms with Crippen LogP contribution in [0.4, 0.5) is 0 Å². The van der Waals surface area contributed by atoms with E-state index in [4.69, 9.17) is 18.8 Å². The number of fused-ring (bicyclic) bond motifs is 16. The van der Waals surface area contributed by atoms with E-state index in [0.717, 1.165) is 77.5 Å². The SMILES string of the molecule is c1ccc(-c2cc(-c3cccc4oc5ccc(-c6cccc7c6-c6ccccc6C76c7ccccc7-c7ccccc76)cc5c34)nc(-c3cccc4oc5ccccc5c34)n2)cc1. The third-order valence-corrected chi connectivity index (χ3v) is 13.5. The monoisotopic (exact) mass is 802 g/mol. The number of hydrogen-bond acceptors (Lipinski definition) is 4. The fraction of sp³-hybridized carbons (Fsp3) is 0.0169. The first-order valence-corrected chi connectivity index (χ1v) is 21.5. The van der Waals surface area contributed by atoms with Crippen LogP contribution in [0.2, 0.25) is 0 Å². The van der Waals surface area contributed by atoms with Crippen LogP contribution in [-0.2, 0) is 5.41 Å². The van der Waals surface area contributed by atoms with Gasteiger partial charge in [0.1, 0.15) is 22.3 Å². The molecule has 4 heteroatoms. The van der Waals surface area contributed by atoms with Gasteiger partial charge in [-0.1, -0.05) is 170 Å². The summed E-state index contributed by atoms with van der Waals surface area (Å²) >= 11 is 0. The molecule has 9 aromatic carbocycles. The fourth-order valence-corrected chi connectivity index (χ4v) is 11.0. The quantitative estimate of drug-likeness (QED) is 0.178. The van der Waals surface area contributed by atoms with Crippen molar-refractivity contribution in [1.82, 2.24) is 9.97 Å². The molecule has 4 nitrogen and oxygen atoms in total. The molecule has 3 aromatic heterocycles. The summed E-state index contributed by atoms with van der Waals surface area (Å²) in [6, 6.07) is 73.6. The Kier molecular flexibility index (Phi) is 7.01. The molecule has 2 aliphatic rings. The van der Waals surface area contributed by atoms with Gasteiger partial charge in [-0.25, -0.2) is 9.97 Å². The van der Waals surface area contributed by atoms with E-state index in [1.165, 1.54) is 50.1 Å². The lowest BCUT2D eigenvalue weighted by molar-refractivity contribution is 0.668. The first-order valence-electron chi connectivity index (χ1n) is 21.5. The predicted molar refractivity (Wildman–Crippen MR) is 255 cm³/mol. The third kappa shape index (κ3) is 4.69. The molecular weight excluding hydrogens is 769 g/mol. The molecule has 12 aromatic rings.